The zero-order valence-electron chi connectivity index (χ0n) is 24.1. The molecule has 12 saturated carbocycles. The summed E-state index contributed by atoms with van der Waals surface area (Å²) in [6.45, 7) is 0. The molecule has 0 atom stereocenters. The van der Waals surface area contributed by atoms with Crippen molar-refractivity contribution in [1.82, 2.24) is 0 Å². The van der Waals surface area contributed by atoms with Gasteiger partial charge in [0.1, 0.15) is 4.90 Å². The highest BCUT2D eigenvalue weighted by Gasteiger charge is 2.54. The third kappa shape index (κ3) is 3.53. The third-order valence-corrected chi connectivity index (χ3v) is 16.2. The summed E-state index contributed by atoms with van der Waals surface area (Å²) in [4.78, 5) is 0.426. The van der Waals surface area contributed by atoms with Gasteiger partial charge in [-0.25, -0.2) is 0 Å². The first-order valence-corrected chi connectivity index (χ1v) is 18.9. The van der Waals surface area contributed by atoms with Crippen molar-refractivity contribution < 1.29 is 13.0 Å². The molecule has 0 amide bonds. The lowest BCUT2D eigenvalue weighted by atomic mass is 9.48. The van der Waals surface area contributed by atoms with Crippen molar-refractivity contribution in [3.8, 4) is 0 Å². The lowest BCUT2D eigenvalue weighted by molar-refractivity contribution is -0.00867. The molecule has 13 rings (SSSR count). The van der Waals surface area contributed by atoms with E-state index in [1.807, 2.05) is 0 Å². The van der Waals surface area contributed by atoms with Crippen molar-refractivity contribution >= 4 is 10.1 Å². The molecule has 12 fully saturated rings. The first kappa shape index (κ1) is 24.6. The fourth-order valence-corrected chi connectivity index (χ4v) is 16.0. The molecule has 1 aromatic rings. The predicted molar refractivity (Wildman–Crippen MR) is 156 cm³/mol. The van der Waals surface area contributed by atoms with Gasteiger partial charge in [0.25, 0.3) is 10.1 Å². The second-order valence-corrected chi connectivity index (χ2v) is 18.7. The van der Waals surface area contributed by atoms with Crippen LogP contribution in [0.3, 0.4) is 0 Å². The summed E-state index contributed by atoms with van der Waals surface area (Å²) < 4.78 is 38.4. The van der Waals surface area contributed by atoms with Gasteiger partial charge in [0, 0.05) is 0 Å². The summed E-state index contributed by atoms with van der Waals surface area (Å²) in [6.07, 6.45) is 20.2. The van der Waals surface area contributed by atoms with E-state index in [2.05, 4.69) is 12.1 Å². The topological polar surface area (TPSA) is 54.4 Å². The first-order chi connectivity index (χ1) is 19.3. The van der Waals surface area contributed by atoms with E-state index in [0.717, 1.165) is 58.5 Å². The Labute approximate surface area is 241 Å². The van der Waals surface area contributed by atoms with E-state index in [1.165, 1.54) is 102 Å². The summed E-state index contributed by atoms with van der Waals surface area (Å²) >= 11 is 0. The molecule has 0 radical (unpaired) electrons. The molecule has 216 valence electrons. The van der Waals surface area contributed by atoms with Crippen molar-refractivity contribution in [2.45, 2.75) is 119 Å². The number of hydrogen-bond donors (Lipinski definition) is 1. The lowest BCUT2D eigenvalue weighted by Crippen LogP contribution is -2.46. The molecule has 0 heterocycles. The predicted octanol–water partition coefficient (Wildman–Crippen LogP) is 8.55. The van der Waals surface area contributed by atoms with Crippen LogP contribution >= 0.6 is 0 Å². The zero-order valence-corrected chi connectivity index (χ0v) is 24.9. The number of hydrogen-bond acceptors (Lipinski definition) is 2. The number of benzene rings is 1. The molecule has 4 heteroatoms. The summed E-state index contributed by atoms with van der Waals surface area (Å²) in [6, 6.07) is 4.87. The molecule has 0 spiro atoms. The fraction of sp³-hybridized carbons (Fsp3) is 0.833. The maximum absolute atomic E-state index is 13.6. The fourth-order valence-electron chi connectivity index (χ4n) is 15.0. The van der Waals surface area contributed by atoms with Crippen LogP contribution in [0.4, 0.5) is 0 Å². The van der Waals surface area contributed by atoms with E-state index in [1.54, 1.807) is 0 Å². The summed E-state index contributed by atoms with van der Waals surface area (Å²) in [7, 11) is -4.30. The minimum absolute atomic E-state index is 0.345. The van der Waals surface area contributed by atoms with Gasteiger partial charge in [-0.15, -0.1) is 0 Å². The quantitative estimate of drug-likeness (QED) is 0.375. The van der Waals surface area contributed by atoms with Gasteiger partial charge in [0.05, 0.1) is 0 Å². The van der Waals surface area contributed by atoms with E-state index in [-0.39, 0.29) is 0 Å². The van der Waals surface area contributed by atoms with Crippen LogP contribution in [0, 0.1) is 71.0 Å². The Morgan fingerprint density at radius 3 is 1.00 bits per heavy atom. The molecule has 12 aliphatic rings. The molecule has 1 aromatic carbocycles. The van der Waals surface area contributed by atoms with Crippen LogP contribution in [0.15, 0.2) is 17.0 Å². The molecule has 3 nitrogen and oxygen atoms in total. The highest BCUT2D eigenvalue weighted by Crippen LogP contribution is 2.65. The Morgan fingerprint density at radius 1 is 0.450 bits per heavy atom. The average molecular weight is 561 g/mol. The molecule has 12 aliphatic carbocycles. The minimum atomic E-state index is -4.30. The van der Waals surface area contributed by atoms with E-state index >= 15 is 0 Å². The monoisotopic (exact) mass is 560 g/mol. The third-order valence-electron chi connectivity index (χ3n) is 15.2. The molecular weight excluding hydrogens is 512 g/mol. The normalized spacial score (nSPS) is 53.1. The highest BCUT2D eigenvalue weighted by atomic mass is 32.2. The van der Waals surface area contributed by atoms with Crippen LogP contribution in [0.25, 0.3) is 0 Å². The van der Waals surface area contributed by atoms with E-state index < -0.39 is 10.1 Å². The first-order valence-electron chi connectivity index (χ1n) is 17.5. The standard InChI is InChI=1S/C36H48O3S/c37-40(38,39)36-31(34-26-8-20-2-21(10-26)11-27(34)9-20)16-30(33-24-4-18-1-19(6-24)7-25(33)5-18)17-32(36)35-28-12-22-3-23(14-28)15-29(35)13-22/h16-29,33-35H,1-15H2,(H,37,38,39). The lowest BCUT2D eigenvalue weighted by Gasteiger charge is -2.57. The highest BCUT2D eigenvalue weighted by molar-refractivity contribution is 7.86. The SMILES string of the molecule is O=S(=O)(O)c1c(C2C3CC4CC(C3)CC2C4)cc(C2C3CC4CC(C3)CC2C4)cc1C1C2CC3CC(C2)CC1C3. The van der Waals surface area contributed by atoms with Gasteiger partial charge in [-0.05, 0) is 202 Å². The summed E-state index contributed by atoms with van der Waals surface area (Å²) in [5, 5.41) is 0. The van der Waals surface area contributed by atoms with Crippen LogP contribution in [0.5, 0.6) is 0 Å². The Hall–Kier alpha value is -0.870. The van der Waals surface area contributed by atoms with Gasteiger partial charge in [-0.3, -0.25) is 4.55 Å². The Morgan fingerprint density at radius 2 is 0.725 bits per heavy atom. The smallest absolute Gasteiger partial charge is 0.282 e. The van der Waals surface area contributed by atoms with Crippen LogP contribution in [-0.2, 0) is 10.1 Å². The van der Waals surface area contributed by atoms with Crippen molar-refractivity contribution in [1.29, 1.82) is 0 Å². The van der Waals surface area contributed by atoms with Crippen molar-refractivity contribution in [2.24, 2.45) is 71.0 Å². The molecule has 0 aliphatic heterocycles. The molecule has 1 N–H and O–H groups in total. The molecule has 0 aromatic heterocycles. The molecular formula is C36H48O3S. The Balaban J connectivity index is 1.17. The van der Waals surface area contributed by atoms with Gasteiger partial charge in [-0.1, -0.05) is 12.1 Å². The van der Waals surface area contributed by atoms with E-state index in [9.17, 15) is 13.0 Å². The van der Waals surface area contributed by atoms with E-state index in [0.29, 0.717) is 46.3 Å². The minimum Gasteiger partial charge on any atom is -0.282 e. The second-order valence-electron chi connectivity index (χ2n) is 17.4. The summed E-state index contributed by atoms with van der Waals surface area (Å²) in [5.41, 5.74) is 3.71. The number of rotatable bonds is 4. The maximum atomic E-state index is 13.6. The largest absolute Gasteiger partial charge is 0.295 e. The van der Waals surface area contributed by atoms with E-state index in [4.69, 9.17) is 0 Å². The molecule has 0 unspecified atom stereocenters. The Bertz CT molecular complexity index is 1200. The van der Waals surface area contributed by atoms with Gasteiger partial charge in [0.15, 0.2) is 0 Å². The van der Waals surface area contributed by atoms with Crippen molar-refractivity contribution in [3.05, 3.63) is 28.8 Å². The molecule has 0 saturated heterocycles. The van der Waals surface area contributed by atoms with Crippen LogP contribution in [0.2, 0.25) is 0 Å². The second kappa shape index (κ2) is 8.40. The van der Waals surface area contributed by atoms with Crippen LogP contribution in [0.1, 0.15) is 131 Å². The Kier molecular flexibility index (Phi) is 5.15. The van der Waals surface area contributed by atoms with Crippen molar-refractivity contribution in [2.75, 3.05) is 0 Å². The average Bonchev–Trinajstić information content (AvgIpc) is 2.86. The van der Waals surface area contributed by atoms with Crippen LogP contribution in [-0.4, -0.2) is 13.0 Å². The summed E-state index contributed by atoms with van der Waals surface area (Å²) in [5.74, 6) is 10.7. The van der Waals surface area contributed by atoms with Crippen molar-refractivity contribution in [3.63, 3.8) is 0 Å². The van der Waals surface area contributed by atoms with Gasteiger partial charge < -0.3 is 0 Å². The van der Waals surface area contributed by atoms with Crippen LogP contribution < -0.4 is 0 Å². The van der Waals surface area contributed by atoms with Gasteiger partial charge in [0.2, 0.25) is 0 Å². The maximum Gasteiger partial charge on any atom is 0.295 e. The molecule has 12 bridgehead atoms. The van der Waals surface area contributed by atoms with Gasteiger partial charge >= 0.3 is 0 Å². The molecule has 40 heavy (non-hydrogen) atoms. The zero-order chi connectivity index (χ0) is 26.5. The van der Waals surface area contributed by atoms with Gasteiger partial charge in [-0.2, -0.15) is 8.42 Å².